The highest BCUT2D eigenvalue weighted by atomic mass is 31.2. The molecule has 1 rings (SSSR count). The van der Waals surface area contributed by atoms with Crippen molar-refractivity contribution in [3.05, 3.63) is 0 Å². The lowest BCUT2D eigenvalue weighted by Gasteiger charge is -2.26. The second-order valence-electron chi connectivity index (χ2n) is 5.65. The maximum Gasteiger partial charge on any atom is 0.341 e. The van der Waals surface area contributed by atoms with Gasteiger partial charge in [-0.1, -0.05) is 0 Å². The number of hydrogen-bond donors (Lipinski definition) is 3. The molecule has 1 atom stereocenters. The average molecular weight is 367 g/mol. The molecule has 0 aromatic carbocycles. The van der Waals surface area contributed by atoms with Crippen molar-refractivity contribution in [2.75, 3.05) is 65.3 Å². The molecule has 0 aromatic heterocycles. The third-order valence-electron chi connectivity index (χ3n) is 3.62. The highest BCUT2D eigenvalue weighted by Crippen LogP contribution is 2.42. The highest BCUT2D eigenvalue weighted by molar-refractivity contribution is 7.52. The van der Waals surface area contributed by atoms with Gasteiger partial charge in [-0.25, -0.2) is 0 Å². The van der Waals surface area contributed by atoms with Gasteiger partial charge in [0.2, 0.25) is 0 Å². The standard InChI is InChI=1S/C13H26N3O7P/c1-2-23-24(21,22)11-16-7-5-14(9-12(17)18)3-4-15(6-8-16)10-13(19)20/h2-11H2,1H3,(H,17,18)(H,19,20)(H,21,22). The van der Waals surface area contributed by atoms with Crippen molar-refractivity contribution in [1.29, 1.82) is 0 Å². The lowest BCUT2D eigenvalue weighted by atomic mass is 10.4. The van der Waals surface area contributed by atoms with Crippen LogP contribution in [-0.2, 0) is 18.7 Å². The summed E-state index contributed by atoms with van der Waals surface area (Å²) in [6, 6.07) is 0. The number of hydrogen-bond acceptors (Lipinski definition) is 7. The topological polar surface area (TPSA) is 131 Å². The van der Waals surface area contributed by atoms with Crippen LogP contribution < -0.4 is 0 Å². The molecule has 1 aliphatic heterocycles. The van der Waals surface area contributed by atoms with Gasteiger partial charge in [0.05, 0.1) is 19.7 Å². The molecule has 1 fully saturated rings. The summed E-state index contributed by atoms with van der Waals surface area (Å²) in [6.45, 7) is 3.94. The molecule has 0 radical (unpaired) electrons. The van der Waals surface area contributed by atoms with Crippen molar-refractivity contribution >= 4 is 19.5 Å². The Balaban J connectivity index is 2.76. The molecular formula is C13H26N3O7P. The average Bonchev–Trinajstić information content (AvgIpc) is 2.51. The third-order valence-corrected chi connectivity index (χ3v) is 5.04. The van der Waals surface area contributed by atoms with Crippen molar-refractivity contribution in [3.8, 4) is 0 Å². The molecular weight excluding hydrogens is 341 g/mol. The fourth-order valence-corrected chi connectivity index (χ4v) is 3.79. The zero-order valence-corrected chi connectivity index (χ0v) is 14.7. The molecule has 0 saturated carbocycles. The Hall–Kier alpha value is -1.03. The maximum atomic E-state index is 12.0. The van der Waals surface area contributed by atoms with Crippen LogP contribution in [0.1, 0.15) is 6.92 Å². The first-order valence-corrected chi connectivity index (χ1v) is 9.55. The van der Waals surface area contributed by atoms with E-state index in [0.717, 1.165) is 0 Å². The van der Waals surface area contributed by atoms with E-state index in [2.05, 4.69) is 0 Å². The van der Waals surface area contributed by atoms with Crippen LogP contribution in [0.2, 0.25) is 0 Å². The fraction of sp³-hybridized carbons (Fsp3) is 0.846. The van der Waals surface area contributed by atoms with Crippen LogP contribution in [0, 0.1) is 0 Å². The molecule has 3 N–H and O–H groups in total. The Morgan fingerprint density at radius 1 is 0.917 bits per heavy atom. The predicted octanol–water partition coefficient (Wildman–Crippen LogP) is -0.745. The molecule has 11 heteroatoms. The van der Waals surface area contributed by atoms with Gasteiger partial charge >= 0.3 is 19.5 Å². The summed E-state index contributed by atoms with van der Waals surface area (Å²) in [7, 11) is -3.75. The molecule has 1 heterocycles. The van der Waals surface area contributed by atoms with Crippen LogP contribution in [0.3, 0.4) is 0 Å². The fourth-order valence-electron chi connectivity index (χ4n) is 2.52. The molecule has 1 saturated heterocycles. The van der Waals surface area contributed by atoms with Gasteiger partial charge in [-0.15, -0.1) is 0 Å². The van der Waals surface area contributed by atoms with Crippen molar-refractivity contribution in [2.24, 2.45) is 0 Å². The quantitative estimate of drug-likeness (QED) is 0.471. The van der Waals surface area contributed by atoms with E-state index in [-0.39, 0.29) is 26.0 Å². The van der Waals surface area contributed by atoms with Crippen molar-refractivity contribution in [2.45, 2.75) is 6.92 Å². The summed E-state index contributed by atoms with van der Waals surface area (Å²) in [5.41, 5.74) is 0. The molecule has 24 heavy (non-hydrogen) atoms. The SMILES string of the molecule is CCOP(=O)(O)CN1CCN(CC(=O)O)CCN(CC(=O)O)CC1. The first-order valence-electron chi connectivity index (χ1n) is 7.79. The normalized spacial score (nSPS) is 21.4. The molecule has 0 spiro atoms. The molecule has 140 valence electrons. The van der Waals surface area contributed by atoms with Crippen molar-refractivity contribution in [1.82, 2.24) is 14.7 Å². The van der Waals surface area contributed by atoms with Crippen LogP contribution in [0.4, 0.5) is 0 Å². The van der Waals surface area contributed by atoms with Gasteiger partial charge in [-0.05, 0) is 6.92 Å². The molecule has 0 aliphatic carbocycles. The van der Waals surface area contributed by atoms with E-state index in [1.54, 1.807) is 21.6 Å². The van der Waals surface area contributed by atoms with E-state index in [1.165, 1.54) is 0 Å². The smallest absolute Gasteiger partial charge is 0.341 e. The second kappa shape index (κ2) is 10.1. The number of carbonyl (C=O) groups is 2. The minimum absolute atomic E-state index is 0.123. The summed E-state index contributed by atoms with van der Waals surface area (Å²) in [5, 5.41) is 17.9. The number of carboxylic acid groups (broad SMARTS) is 2. The summed E-state index contributed by atoms with van der Waals surface area (Å²) in [6.07, 6.45) is -0.164. The number of nitrogens with zero attached hydrogens (tertiary/aromatic N) is 3. The van der Waals surface area contributed by atoms with Crippen LogP contribution in [0.15, 0.2) is 0 Å². The first kappa shape index (κ1) is 21.0. The van der Waals surface area contributed by atoms with E-state index in [4.69, 9.17) is 14.7 Å². The van der Waals surface area contributed by atoms with Crippen LogP contribution in [0.5, 0.6) is 0 Å². The molecule has 10 nitrogen and oxygen atoms in total. The van der Waals surface area contributed by atoms with Gasteiger partial charge in [0.1, 0.15) is 6.29 Å². The molecule has 0 aromatic rings. The van der Waals surface area contributed by atoms with Crippen molar-refractivity contribution < 1.29 is 33.8 Å². The van der Waals surface area contributed by atoms with E-state index < -0.39 is 19.5 Å². The van der Waals surface area contributed by atoms with Gasteiger partial charge in [0, 0.05) is 39.3 Å². The van der Waals surface area contributed by atoms with E-state index in [9.17, 15) is 19.0 Å². The van der Waals surface area contributed by atoms with Gasteiger partial charge in [0.15, 0.2) is 0 Å². The molecule has 0 amide bonds. The lowest BCUT2D eigenvalue weighted by Crippen LogP contribution is -2.40. The summed E-state index contributed by atoms with van der Waals surface area (Å²) in [5.74, 6) is -1.93. The van der Waals surface area contributed by atoms with Gasteiger partial charge in [-0.2, -0.15) is 0 Å². The van der Waals surface area contributed by atoms with E-state index in [1.807, 2.05) is 0 Å². The molecule has 1 unspecified atom stereocenters. The van der Waals surface area contributed by atoms with Gasteiger partial charge in [-0.3, -0.25) is 28.9 Å². The second-order valence-corrected chi connectivity index (χ2v) is 7.47. The summed E-state index contributed by atoms with van der Waals surface area (Å²) >= 11 is 0. The van der Waals surface area contributed by atoms with Gasteiger partial charge in [0.25, 0.3) is 0 Å². The van der Waals surface area contributed by atoms with E-state index in [0.29, 0.717) is 39.3 Å². The Morgan fingerprint density at radius 2 is 1.29 bits per heavy atom. The Bertz CT molecular complexity index is 448. The minimum atomic E-state index is -3.75. The number of aliphatic carboxylic acids is 2. The first-order chi connectivity index (χ1) is 11.2. The monoisotopic (exact) mass is 367 g/mol. The Labute approximate surface area is 141 Å². The Morgan fingerprint density at radius 3 is 1.62 bits per heavy atom. The zero-order chi connectivity index (χ0) is 18.2. The minimum Gasteiger partial charge on any atom is -0.480 e. The predicted molar refractivity (Wildman–Crippen MR) is 86.0 cm³/mol. The van der Waals surface area contributed by atoms with Crippen LogP contribution >= 0.6 is 7.60 Å². The zero-order valence-electron chi connectivity index (χ0n) is 13.8. The van der Waals surface area contributed by atoms with E-state index >= 15 is 0 Å². The molecule has 0 bridgehead atoms. The molecule has 1 aliphatic rings. The van der Waals surface area contributed by atoms with Gasteiger partial charge < -0.3 is 19.6 Å². The lowest BCUT2D eigenvalue weighted by molar-refractivity contribution is -0.140. The number of carboxylic acids is 2. The Kier molecular flexibility index (Phi) is 8.82. The largest absolute Gasteiger partial charge is 0.480 e. The van der Waals surface area contributed by atoms with Crippen LogP contribution in [-0.4, -0.2) is 107 Å². The summed E-state index contributed by atoms with van der Waals surface area (Å²) in [4.78, 5) is 36.8. The third kappa shape index (κ3) is 8.72. The number of rotatable bonds is 8. The van der Waals surface area contributed by atoms with Crippen molar-refractivity contribution in [3.63, 3.8) is 0 Å². The summed E-state index contributed by atoms with van der Waals surface area (Å²) < 4.78 is 16.8. The van der Waals surface area contributed by atoms with Crippen LogP contribution in [0.25, 0.3) is 0 Å². The highest BCUT2D eigenvalue weighted by Gasteiger charge is 2.25. The maximum absolute atomic E-state index is 12.0.